The van der Waals surface area contributed by atoms with Crippen LogP contribution in [0.3, 0.4) is 0 Å². The van der Waals surface area contributed by atoms with Crippen molar-refractivity contribution in [3.63, 3.8) is 0 Å². The van der Waals surface area contributed by atoms with Gasteiger partial charge in [-0.1, -0.05) is 0 Å². The van der Waals surface area contributed by atoms with Crippen molar-refractivity contribution < 1.29 is 9.47 Å². The van der Waals surface area contributed by atoms with Crippen LogP contribution in [0.2, 0.25) is 0 Å². The van der Waals surface area contributed by atoms with E-state index in [1.807, 2.05) is 6.92 Å². The molecule has 1 aliphatic heterocycles. The lowest BCUT2D eigenvalue weighted by Crippen LogP contribution is -2.38. The fraction of sp³-hybridized carbons (Fsp3) is 0.889. The Balaban J connectivity index is 2.16. The zero-order valence-electron chi connectivity index (χ0n) is 9.39. The maximum atomic E-state index is 5.99. The van der Waals surface area contributed by atoms with Gasteiger partial charge in [-0.05, 0) is 17.4 Å². The Morgan fingerprint density at radius 3 is 3.06 bits per heavy atom. The molecule has 0 aromatic carbocycles. The molecule has 1 aliphatic rings. The fourth-order valence-corrected chi connectivity index (χ4v) is 1.98. The van der Waals surface area contributed by atoms with Crippen molar-refractivity contribution in [1.29, 1.82) is 0 Å². The molecule has 90 valence electrons. The Kier molecular flexibility index (Phi) is 3.41. The summed E-state index contributed by atoms with van der Waals surface area (Å²) < 4.78 is 12.6. The first-order chi connectivity index (χ1) is 7.67. The average molecular weight is 247 g/mol. The molecule has 1 aromatic heterocycles. The van der Waals surface area contributed by atoms with E-state index < -0.39 is 0 Å². The number of halogens is 1. The van der Waals surface area contributed by atoms with Crippen molar-refractivity contribution in [1.82, 2.24) is 20.2 Å². The van der Waals surface area contributed by atoms with Crippen LogP contribution in [0.4, 0.5) is 0 Å². The molecule has 0 radical (unpaired) electrons. The van der Waals surface area contributed by atoms with E-state index in [9.17, 15) is 0 Å². The molecule has 0 saturated carbocycles. The number of ether oxygens (including phenoxy) is 2. The second-order valence-electron chi connectivity index (χ2n) is 4.00. The number of tetrazole rings is 1. The second-order valence-corrected chi connectivity index (χ2v) is 4.66. The van der Waals surface area contributed by atoms with Gasteiger partial charge in [0.25, 0.3) is 0 Å². The van der Waals surface area contributed by atoms with Crippen LogP contribution in [0.5, 0.6) is 0 Å². The number of nitrogens with zero attached hydrogens (tertiary/aromatic N) is 4. The van der Waals surface area contributed by atoms with Crippen molar-refractivity contribution in [2.45, 2.75) is 30.9 Å². The molecule has 1 fully saturated rings. The Morgan fingerprint density at radius 1 is 1.69 bits per heavy atom. The molecule has 2 unspecified atom stereocenters. The lowest BCUT2D eigenvalue weighted by molar-refractivity contribution is -0.0326. The monoisotopic (exact) mass is 246 g/mol. The molecule has 0 bridgehead atoms. The van der Waals surface area contributed by atoms with Gasteiger partial charge < -0.3 is 9.47 Å². The predicted molar refractivity (Wildman–Crippen MR) is 57.3 cm³/mol. The quantitative estimate of drug-likeness (QED) is 0.735. The minimum absolute atomic E-state index is 0.216. The first kappa shape index (κ1) is 11.8. The molecule has 0 aliphatic carbocycles. The predicted octanol–water partition coefficient (Wildman–Crippen LogP) is 0.778. The van der Waals surface area contributed by atoms with E-state index in [2.05, 4.69) is 15.5 Å². The summed E-state index contributed by atoms with van der Waals surface area (Å²) in [6, 6.07) is 0. The van der Waals surface area contributed by atoms with Crippen molar-refractivity contribution in [2.24, 2.45) is 0 Å². The summed E-state index contributed by atoms with van der Waals surface area (Å²) >= 11 is 5.99. The molecule has 1 saturated heterocycles. The molecule has 2 atom stereocenters. The zero-order valence-corrected chi connectivity index (χ0v) is 10.1. The highest BCUT2D eigenvalue weighted by molar-refractivity contribution is 6.20. The molecule has 1 aromatic rings. The molecule has 0 spiro atoms. The van der Waals surface area contributed by atoms with Crippen LogP contribution in [0.15, 0.2) is 0 Å². The van der Waals surface area contributed by atoms with E-state index in [1.54, 1.807) is 11.8 Å². The van der Waals surface area contributed by atoms with Gasteiger partial charge in [0.15, 0.2) is 5.82 Å². The van der Waals surface area contributed by atoms with Crippen molar-refractivity contribution in [2.75, 3.05) is 20.3 Å². The maximum Gasteiger partial charge on any atom is 0.168 e. The molecule has 7 heteroatoms. The minimum Gasteiger partial charge on any atom is -0.378 e. The first-order valence-corrected chi connectivity index (χ1v) is 5.63. The molecule has 16 heavy (non-hydrogen) atoms. The van der Waals surface area contributed by atoms with E-state index in [1.165, 1.54) is 0 Å². The van der Waals surface area contributed by atoms with Crippen LogP contribution in [0, 0.1) is 0 Å². The highest BCUT2D eigenvalue weighted by atomic mass is 35.5. The minimum atomic E-state index is -0.324. The van der Waals surface area contributed by atoms with Gasteiger partial charge in [-0.2, -0.15) is 0 Å². The van der Waals surface area contributed by atoms with Gasteiger partial charge in [0.1, 0.15) is 5.60 Å². The topological polar surface area (TPSA) is 62.1 Å². The lowest BCUT2D eigenvalue weighted by atomic mass is 10.0. The van der Waals surface area contributed by atoms with Crippen LogP contribution < -0.4 is 0 Å². The van der Waals surface area contributed by atoms with Crippen LogP contribution in [-0.4, -0.2) is 46.1 Å². The highest BCUT2D eigenvalue weighted by Crippen LogP contribution is 2.26. The third-order valence-corrected chi connectivity index (χ3v) is 3.05. The summed E-state index contributed by atoms with van der Waals surface area (Å²) in [4.78, 5) is 0. The molecule has 2 rings (SSSR count). The number of alkyl halides is 1. The fourth-order valence-electron chi connectivity index (χ4n) is 1.82. The average Bonchev–Trinajstić information content (AvgIpc) is 2.88. The number of hydrogen-bond acceptors (Lipinski definition) is 5. The molecule has 0 N–H and O–H groups in total. The number of rotatable bonds is 4. The van der Waals surface area contributed by atoms with E-state index in [4.69, 9.17) is 21.1 Å². The Bertz CT molecular complexity index is 349. The maximum absolute atomic E-state index is 5.99. The van der Waals surface area contributed by atoms with Gasteiger partial charge in [0.2, 0.25) is 0 Å². The van der Waals surface area contributed by atoms with Crippen molar-refractivity contribution in [3.05, 3.63) is 5.82 Å². The Labute approximate surface area is 98.9 Å². The van der Waals surface area contributed by atoms with Crippen molar-refractivity contribution in [3.8, 4) is 0 Å². The Morgan fingerprint density at radius 2 is 2.50 bits per heavy atom. The van der Waals surface area contributed by atoms with Gasteiger partial charge in [0.05, 0.1) is 18.5 Å². The largest absolute Gasteiger partial charge is 0.378 e. The van der Waals surface area contributed by atoms with E-state index in [0.717, 1.165) is 6.42 Å². The van der Waals surface area contributed by atoms with E-state index in [-0.39, 0.29) is 11.0 Å². The number of methoxy groups -OCH3 is 1. The standard InChI is InChI=1S/C9H15ClN4O2/c1-7(10)8-11-12-13-14(8)5-9(15-2)3-4-16-6-9/h7H,3-6H2,1-2H3. The summed E-state index contributed by atoms with van der Waals surface area (Å²) in [5.41, 5.74) is -0.324. The van der Waals surface area contributed by atoms with Crippen LogP contribution >= 0.6 is 11.6 Å². The first-order valence-electron chi connectivity index (χ1n) is 5.20. The van der Waals surface area contributed by atoms with Gasteiger partial charge in [0, 0.05) is 20.1 Å². The number of hydrogen-bond donors (Lipinski definition) is 0. The summed E-state index contributed by atoms with van der Waals surface area (Å²) in [7, 11) is 1.68. The molecule has 0 amide bonds. The third-order valence-electron chi connectivity index (χ3n) is 2.85. The van der Waals surface area contributed by atoms with Gasteiger partial charge in [-0.25, -0.2) is 4.68 Å². The molecule has 6 nitrogen and oxygen atoms in total. The molecular weight excluding hydrogens is 232 g/mol. The van der Waals surface area contributed by atoms with Crippen LogP contribution in [-0.2, 0) is 16.0 Å². The van der Waals surface area contributed by atoms with Crippen LogP contribution in [0.1, 0.15) is 24.5 Å². The summed E-state index contributed by atoms with van der Waals surface area (Å²) in [6.45, 7) is 3.69. The van der Waals surface area contributed by atoms with E-state index in [0.29, 0.717) is 25.6 Å². The third kappa shape index (κ3) is 2.18. The van der Waals surface area contributed by atoms with Gasteiger partial charge >= 0.3 is 0 Å². The van der Waals surface area contributed by atoms with E-state index >= 15 is 0 Å². The van der Waals surface area contributed by atoms with Crippen molar-refractivity contribution >= 4 is 11.6 Å². The highest BCUT2D eigenvalue weighted by Gasteiger charge is 2.36. The summed E-state index contributed by atoms with van der Waals surface area (Å²) in [5, 5.41) is 11.2. The SMILES string of the molecule is COC1(Cn2nnnc2C(C)Cl)CCOC1. The number of aromatic nitrogens is 4. The smallest absolute Gasteiger partial charge is 0.168 e. The zero-order chi connectivity index (χ0) is 11.6. The van der Waals surface area contributed by atoms with Gasteiger partial charge in [-0.3, -0.25) is 0 Å². The van der Waals surface area contributed by atoms with Crippen LogP contribution in [0.25, 0.3) is 0 Å². The lowest BCUT2D eigenvalue weighted by Gasteiger charge is -2.25. The summed E-state index contributed by atoms with van der Waals surface area (Å²) in [5.74, 6) is 0.657. The normalized spacial score (nSPS) is 27.2. The molecular formula is C9H15ClN4O2. The second kappa shape index (κ2) is 4.65. The summed E-state index contributed by atoms with van der Waals surface area (Å²) in [6.07, 6.45) is 0.847. The van der Waals surface area contributed by atoms with Gasteiger partial charge in [-0.15, -0.1) is 16.7 Å². The Hall–Kier alpha value is -0.720. The molecule has 2 heterocycles.